The van der Waals surface area contributed by atoms with Crippen LogP contribution in [0.4, 0.5) is 0 Å². The molecule has 0 spiro atoms. The molecule has 0 unspecified atom stereocenters. The van der Waals surface area contributed by atoms with Crippen molar-refractivity contribution in [1.82, 2.24) is 15.2 Å². The zero-order chi connectivity index (χ0) is 15.1. The molecular formula is C14H21N3O3. The molecule has 20 heavy (non-hydrogen) atoms. The number of likely N-dealkylation sites (N-methyl/N-ethyl adjacent to an activating group) is 1. The minimum atomic E-state index is -0.409. The molecule has 1 aromatic heterocycles. The Balaban J connectivity index is 2.52. The van der Waals surface area contributed by atoms with Crippen molar-refractivity contribution in [1.29, 1.82) is 0 Å². The Labute approximate surface area is 119 Å². The number of hydrogen-bond donors (Lipinski definition) is 1. The van der Waals surface area contributed by atoms with Crippen molar-refractivity contribution < 1.29 is 14.3 Å². The molecule has 0 fully saturated rings. The molecule has 6 heteroatoms. The van der Waals surface area contributed by atoms with Gasteiger partial charge in [-0.05, 0) is 33.0 Å². The predicted octanol–water partition coefficient (Wildman–Crippen LogP) is 0.825. The van der Waals surface area contributed by atoms with E-state index in [2.05, 4.69) is 15.0 Å². The Morgan fingerprint density at radius 2 is 2.10 bits per heavy atom. The molecular weight excluding hydrogens is 258 g/mol. The van der Waals surface area contributed by atoms with E-state index in [1.165, 1.54) is 13.3 Å². The Morgan fingerprint density at radius 1 is 1.40 bits per heavy atom. The summed E-state index contributed by atoms with van der Waals surface area (Å²) in [5.41, 5.74) is 1.20. The molecule has 0 saturated carbocycles. The number of pyridine rings is 1. The molecule has 1 N–H and O–H groups in total. The molecule has 1 heterocycles. The first-order chi connectivity index (χ1) is 9.42. The number of amides is 1. The van der Waals surface area contributed by atoms with Gasteiger partial charge in [-0.15, -0.1) is 0 Å². The number of nitrogens with one attached hydrogen (secondary N) is 1. The number of esters is 1. The second-order valence-corrected chi connectivity index (χ2v) is 4.92. The summed E-state index contributed by atoms with van der Waals surface area (Å²) in [5.74, 6) is -0.428. The van der Waals surface area contributed by atoms with Crippen LogP contribution in [0.25, 0.3) is 0 Å². The van der Waals surface area contributed by atoms with Gasteiger partial charge in [0.2, 0.25) is 5.91 Å². The number of rotatable bonds is 6. The Hall–Kier alpha value is -1.95. The molecule has 0 radical (unpaired) electrons. The van der Waals surface area contributed by atoms with Crippen LogP contribution in [-0.4, -0.2) is 48.5 Å². The van der Waals surface area contributed by atoms with Gasteiger partial charge in [0.25, 0.3) is 0 Å². The maximum atomic E-state index is 11.6. The maximum absolute atomic E-state index is 11.6. The summed E-state index contributed by atoms with van der Waals surface area (Å²) in [6.45, 7) is 4.68. The molecule has 0 aromatic carbocycles. The van der Waals surface area contributed by atoms with Gasteiger partial charge in [0.05, 0.1) is 24.9 Å². The predicted molar refractivity (Wildman–Crippen MR) is 75.2 cm³/mol. The second kappa shape index (κ2) is 7.59. The van der Waals surface area contributed by atoms with Crippen LogP contribution >= 0.6 is 0 Å². The standard InChI is InChI=1S/C14H21N3O3/c1-10(2)16-13(18)9-17(3)8-12-6-5-11(7-15-12)14(19)20-4/h5-7,10H,8-9H2,1-4H3,(H,16,18). The summed E-state index contributed by atoms with van der Waals surface area (Å²) in [6.07, 6.45) is 1.48. The zero-order valence-electron chi connectivity index (χ0n) is 12.3. The van der Waals surface area contributed by atoms with E-state index in [1.54, 1.807) is 12.1 Å². The Morgan fingerprint density at radius 3 is 2.60 bits per heavy atom. The fraction of sp³-hybridized carbons (Fsp3) is 0.500. The summed E-state index contributed by atoms with van der Waals surface area (Å²) >= 11 is 0. The van der Waals surface area contributed by atoms with Crippen LogP contribution < -0.4 is 5.32 Å². The summed E-state index contributed by atoms with van der Waals surface area (Å²) < 4.78 is 4.60. The van der Waals surface area contributed by atoms with Gasteiger partial charge < -0.3 is 10.1 Å². The van der Waals surface area contributed by atoms with Crippen LogP contribution in [0.1, 0.15) is 29.9 Å². The van der Waals surface area contributed by atoms with E-state index < -0.39 is 5.97 Å². The summed E-state index contributed by atoms with van der Waals surface area (Å²) in [4.78, 5) is 28.9. The first kappa shape index (κ1) is 16.1. The molecule has 110 valence electrons. The molecule has 1 aromatic rings. The van der Waals surface area contributed by atoms with E-state index >= 15 is 0 Å². The van der Waals surface area contributed by atoms with Crippen molar-refractivity contribution >= 4 is 11.9 Å². The minimum absolute atomic E-state index is 0.0197. The van der Waals surface area contributed by atoms with Crippen LogP contribution in [-0.2, 0) is 16.1 Å². The number of carbonyl (C=O) groups is 2. The molecule has 0 saturated heterocycles. The number of carbonyl (C=O) groups excluding carboxylic acids is 2. The maximum Gasteiger partial charge on any atom is 0.339 e. The van der Waals surface area contributed by atoms with Crippen molar-refractivity contribution in [3.63, 3.8) is 0 Å². The van der Waals surface area contributed by atoms with Gasteiger partial charge in [0.1, 0.15) is 0 Å². The number of aromatic nitrogens is 1. The zero-order valence-corrected chi connectivity index (χ0v) is 12.3. The van der Waals surface area contributed by atoms with Gasteiger partial charge in [0, 0.05) is 18.8 Å². The molecule has 0 bridgehead atoms. The van der Waals surface area contributed by atoms with Gasteiger partial charge in [0.15, 0.2) is 0 Å². The number of nitrogens with zero attached hydrogens (tertiary/aromatic N) is 2. The SMILES string of the molecule is COC(=O)c1ccc(CN(C)CC(=O)NC(C)C)nc1. The molecule has 6 nitrogen and oxygen atoms in total. The number of methoxy groups -OCH3 is 1. The molecule has 0 aliphatic rings. The first-order valence-electron chi connectivity index (χ1n) is 6.43. The lowest BCUT2D eigenvalue weighted by atomic mass is 10.2. The van der Waals surface area contributed by atoms with Gasteiger partial charge in [-0.2, -0.15) is 0 Å². The van der Waals surface area contributed by atoms with Gasteiger partial charge in [-0.3, -0.25) is 14.7 Å². The van der Waals surface area contributed by atoms with Crippen LogP contribution in [0, 0.1) is 0 Å². The monoisotopic (exact) mass is 279 g/mol. The highest BCUT2D eigenvalue weighted by atomic mass is 16.5. The van der Waals surface area contributed by atoms with Crippen molar-refractivity contribution in [2.45, 2.75) is 26.4 Å². The number of hydrogen-bond acceptors (Lipinski definition) is 5. The largest absolute Gasteiger partial charge is 0.465 e. The molecule has 0 atom stereocenters. The molecule has 0 aliphatic carbocycles. The highest BCUT2D eigenvalue weighted by Gasteiger charge is 2.10. The second-order valence-electron chi connectivity index (χ2n) is 4.92. The van der Waals surface area contributed by atoms with Crippen molar-refractivity contribution in [3.05, 3.63) is 29.6 Å². The van der Waals surface area contributed by atoms with E-state index in [0.29, 0.717) is 18.7 Å². The summed E-state index contributed by atoms with van der Waals surface area (Å²) in [6, 6.07) is 3.55. The van der Waals surface area contributed by atoms with Crippen LogP contribution in [0.15, 0.2) is 18.3 Å². The van der Waals surface area contributed by atoms with Crippen LogP contribution in [0.5, 0.6) is 0 Å². The van der Waals surface area contributed by atoms with E-state index in [4.69, 9.17) is 0 Å². The average Bonchev–Trinajstić information content (AvgIpc) is 2.37. The lowest BCUT2D eigenvalue weighted by Gasteiger charge is -2.17. The minimum Gasteiger partial charge on any atom is -0.465 e. The first-order valence-corrected chi connectivity index (χ1v) is 6.43. The highest BCUT2D eigenvalue weighted by molar-refractivity contribution is 5.88. The van der Waals surface area contributed by atoms with E-state index in [9.17, 15) is 9.59 Å². The van der Waals surface area contributed by atoms with Crippen molar-refractivity contribution in [2.24, 2.45) is 0 Å². The lowest BCUT2D eigenvalue weighted by Crippen LogP contribution is -2.38. The Kier molecular flexibility index (Phi) is 6.11. The summed E-state index contributed by atoms with van der Waals surface area (Å²) in [7, 11) is 3.17. The van der Waals surface area contributed by atoms with Crippen molar-refractivity contribution in [3.8, 4) is 0 Å². The van der Waals surface area contributed by atoms with Gasteiger partial charge >= 0.3 is 5.97 Å². The van der Waals surface area contributed by atoms with E-state index in [1.807, 2.05) is 25.8 Å². The van der Waals surface area contributed by atoms with E-state index in [-0.39, 0.29) is 11.9 Å². The normalized spacial score (nSPS) is 10.7. The summed E-state index contributed by atoms with van der Waals surface area (Å²) in [5, 5.41) is 2.83. The van der Waals surface area contributed by atoms with E-state index in [0.717, 1.165) is 5.69 Å². The van der Waals surface area contributed by atoms with Crippen LogP contribution in [0.2, 0.25) is 0 Å². The van der Waals surface area contributed by atoms with Gasteiger partial charge in [-0.1, -0.05) is 0 Å². The fourth-order valence-electron chi connectivity index (χ4n) is 1.70. The molecule has 1 amide bonds. The quantitative estimate of drug-likeness (QED) is 0.781. The Bertz CT molecular complexity index is 457. The van der Waals surface area contributed by atoms with Crippen molar-refractivity contribution in [2.75, 3.05) is 20.7 Å². The molecule has 1 rings (SSSR count). The smallest absolute Gasteiger partial charge is 0.339 e. The lowest BCUT2D eigenvalue weighted by molar-refractivity contribution is -0.122. The highest BCUT2D eigenvalue weighted by Crippen LogP contribution is 2.04. The third-order valence-electron chi connectivity index (χ3n) is 2.54. The molecule has 0 aliphatic heterocycles. The van der Waals surface area contributed by atoms with Crippen LogP contribution in [0.3, 0.4) is 0 Å². The van der Waals surface area contributed by atoms with Gasteiger partial charge in [-0.25, -0.2) is 4.79 Å². The third-order valence-corrected chi connectivity index (χ3v) is 2.54. The topological polar surface area (TPSA) is 71.5 Å². The number of ether oxygens (including phenoxy) is 1. The fourth-order valence-corrected chi connectivity index (χ4v) is 1.70. The third kappa shape index (κ3) is 5.36. The average molecular weight is 279 g/mol.